The largest absolute Gasteiger partial charge is 0.497 e. The van der Waals surface area contributed by atoms with Gasteiger partial charge in [0.1, 0.15) is 17.3 Å². The summed E-state index contributed by atoms with van der Waals surface area (Å²) in [4.78, 5) is 7.14. The molecular weight excluding hydrogens is 368 g/mol. The van der Waals surface area contributed by atoms with Gasteiger partial charge in [-0.3, -0.25) is 4.90 Å². The topological polar surface area (TPSA) is 71.3 Å². The van der Waals surface area contributed by atoms with Gasteiger partial charge in [-0.05, 0) is 43.7 Å². The molecule has 1 aliphatic heterocycles. The van der Waals surface area contributed by atoms with Crippen molar-refractivity contribution in [3.05, 3.63) is 53.5 Å². The number of aryl methyl sites for hydroxylation is 1. The van der Waals surface area contributed by atoms with E-state index >= 15 is 0 Å². The second-order valence-electron chi connectivity index (χ2n) is 7.04. The quantitative estimate of drug-likeness (QED) is 0.524. The van der Waals surface area contributed by atoms with Crippen LogP contribution in [0.4, 0.5) is 0 Å². The Balaban J connectivity index is 1.68. The number of methoxy groups -OCH3 is 1. The van der Waals surface area contributed by atoms with Crippen LogP contribution in [-0.2, 0) is 11.3 Å². The average molecular weight is 401 g/mol. The third-order valence-corrected chi connectivity index (χ3v) is 4.94. The van der Waals surface area contributed by atoms with E-state index in [1.807, 2.05) is 31.2 Å². The normalized spacial score (nSPS) is 16.4. The molecule has 0 saturated carbocycles. The van der Waals surface area contributed by atoms with Crippen molar-refractivity contribution in [1.82, 2.24) is 15.5 Å². The highest BCUT2D eigenvalue weighted by Gasteiger charge is 2.25. The number of benzene rings is 1. The van der Waals surface area contributed by atoms with Gasteiger partial charge in [-0.25, -0.2) is 4.99 Å². The van der Waals surface area contributed by atoms with Gasteiger partial charge in [0.15, 0.2) is 5.96 Å². The number of rotatable bonds is 8. The van der Waals surface area contributed by atoms with Crippen molar-refractivity contribution in [2.75, 3.05) is 46.5 Å². The molecule has 7 nitrogen and oxygen atoms in total. The molecule has 3 rings (SSSR count). The average Bonchev–Trinajstić information content (AvgIpc) is 3.19. The van der Waals surface area contributed by atoms with E-state index in [1.54, 1.807) is 7.11 Å². The van der Waals surface area contributed by atoms with Crippen LogP contribution in [0.3, 0.4) is 0 Å². The maximum atomic E-state index is 5.95. The van der Waals surface area contributed by atoms with Crippen molar-refractivity contribution in [2.24, 2.45) is 4.99 Å². The summed E-state index contributed by atoms with van der Waals surface area (Å²) in [5.74, 6) is 3.53. The molecule has 29 heavy (non-hydrogen) atoms. The van der Waals surface area contributed by atoms with E-state index in [1.165, 1.54) is 0 Å². The summed E-state index contributed by atoms with van der Waals surface area (Å²) in [6, 6.07) is 12.2. The molecule has 7 heteroatoms. The first-order valence-electron chi connectivity index (χ1n) is 10.2. The second-order valence-corrected chi connectivity index (χ2v) is 7.04. The lowest BCUT2D eigenvalue weighted by atomic mass is 10.1. The molecule has 1 aromatic carbocycles. The lowest BCUT2D eigenvalue weighted by Gasteiger charge is -2.33. The third-order valence-electron chi connectivity index (χ3n) is 4.94. The van der Waals surface area contributed by atoms with Gasteiger partial charge in [0.2, 0.25) is 0 Å². The Bertz CT molecular complexity index is 784. The number of hydrogen-bond acceptors (Lipinski definition) is 5. The maximum Gasteiger partial charge on any atom is 0.191 e. The van der Waals surface area contributed by atoms with Gasteiger partial charge in [0.25, 0.3) is 0 Å². The summed E-state index contributed by atoms with van der Waals surface area (Å²) in [6.07, 6.45) is 0. The number of furan rings is 1. The smallest absolute Gasteiger partial charge is 0.191 e. The van der Waals surface area contributed by atoms with E-state index in [4.69, 9.17) is 18.9 Å². The molecule has 158 valence electrons. The van der Waals surface area contributed by atoms with Crippen LogP contribution in [-0.4, -0.2) is 57.4 Å². The Labute approximate surface area is 173 Å². The Morgan fingerprint density at radius 2 is 2.03 bits per heavy atom. The zero-order valence-electron chi connectivity index (χ0n) is 17.6. The van der Waals surface area contributed by atoms with Crippen LogP contribution in [0.15, 0.2) is 45.8 Å². The van der Waals surface area contributed by atoms with Gasteiger partial charge >= 0.3 is 0 Å². The first-order chi connectivity index (χ1) is 14.2. The molecular formula is C22H32N4O3. The summed E-state index contributed by atoms with van der Waals surface area (Å²) >= 11 is 0. The zero-order chi connectivity index (χ0) is 20.5. The first kappa shape index (κ1) is 21.2. The molecule has 0 spiro atoms. The van der Waals surface area contributed by atoms with Gasteiger partial charge in [-0.1, -0.05) is 12.1 Å². The van der Waals surface area contributed by atoms with Crippen LogP contribution < -0.4 is 15.4 Å². The minimum atomic E-state index is 0.133. The van der Waals surface area contributed by atoms with Crippen molar-refractivity contribution in [3.63, 3.8) is 0 Å². The van der Waals surface area contributed by atoms with Gasteiger partial charge in [0.05, 0.1) is 32.9 Å². The molecule has 1 atom stereocenters. The fourth-order valence-electron chi connectivity index (χ4n) is 3.41. The summed E-state index contributed by atoms with van der Waals surface area (Å²) in [6.45, 7) is 9.41. The van der Waals surface area contributed by atoms with Crippen LogP contribution in [0.2, 0.25) is 0 Å². The maximum absolute atomic E-state index is 5.95. The summed E-state index contributed by atoms with van der Waals surface area (Å²) in [5.41, 5.74) is 1.10. The van der Waals surface area contributed by atoms with E-state index in [2.05, 4.69) is 34.6 Å². The predicted molar refractivity (Wildman–Crippen MR) is 114 cm³/mol. The van der Waals surface area contributed by atoms with Crippen LogP contribution in [0.1, 0.15) is 30.0 Å². The Morgan fingerprint density at radius 1 is 1.21 bits per heavy atom. The molecule has 2 aromatic rings. The number of guanidine groups is 1. The summed E-state index contributed by atoms with van der Waals surface area (Å²) in [7, 11) is 1.68. The van der Waals surface area contributed by atoms with Gasteiger partial charge in [0, 0.05) is 26.2 Å². The van der Waals surface area contributed by atoms with Gasteiger partial charge < -0.3 is 24.5 Å². The minimum absolute atomic E-state index is 0.133. The van der Waals surface area contributed by atoms with Crippen LogP contribution in [0.25, 0.3) is 0 Å². The molecule has 1 aliphatic rings. The SMILES string of the molecule is CCNC(=NCc1cccc(OC)c1)NCC(c1ccc(C)o1)N1CCOCC1. The number of morpholine rings is 1. The fraction of sp³-hybridized carbons (Fsp3) is 0.500. The zero-order valence-corrected chi connectivity index (χ0v) is 17.6. The van der Waals surface area contributed by atoms with E-state index in [0.29, 0.717) is 13.1 Å². The first-order valence-corrected chi connectivity index (χ1v) is 10.2. The molecule has 1 fully saturated rings. The fourth-order valence-corrected chi connectivity index (χ4v) is 3.41. The second kappa shape index (κ2) is 10.9. The van der Waals surface area contributed by atoms with E-state index in [9.17, 15) is 0 Å². The highest BCUT2D eigenvalue weighted by Crippen LogP contribution is 2.23. The van der Waals surface area contributed by atoms with Crippen molar-refractivity contribution >= 4 is 5.96 Å². The van der Waals surface area contributed by atoms with E-state index in [0.717, 1.165) is 61.6 Å². The number of ether oxygens (including phenoxy) is 2. The van der Waals surface area contributed by atoms with Crippen molar-refractivity contribution in [1.29, 1.82) is 0 Å². The highest BCUT2D eigenvalue weighted by molar-refractivity contribution is 5.79. The van der Waals surface area contributed by atoms with E-state index < -0.39 is 0 Å². The molecule has 2 heterocycles. The number of nitrogens with one attached hydrogen (secondary N) is 2. The number of hydrogen-bond donors (Lipinski definition) is 2. The van der Waals surface area contributed by atoms with Crippen molar-refractivity contribution < 1.29 is 13.9 Å². The van der Waals surface area contributed by atoms with E-state index in [-0.39, 0.29) is 6.04 Å². The monoisotopic (exact) mass is 400 g/mol. The van der Waals surface area contributed by atoms with Crippen LogP contribution in [0, 0.1) is 6.92 Å². The molecule has 1 saturated heterocycles. The molecule has 0 amide bonds. The molecule has 0 bridgehead atoms. The summed E-state index contributed by atoms with van der Waals surface area (Å²) < 4.78 is 16.8. The molecule has 0 radical (unpaired) electrons. The standard InChI is InChI=1S/C22H32N4O3/c1-4-23-22(24-15-18-6-5-7-19(14-18)27-3)25-16-20(21-9-8-17(2)29-21)26-10-12-28-13-11-26/h5-9,14,20H,4,10-13,15-16H2,1-3H3,(H2,23,24,25). The van der Waals surface area contributed by atoms with Crippen molar-refractivity contribution in [3.8, 4) is 5.75 Å². The lowest BCUT2D eigenvalue weighted by molar-refractivity contribution is 0.0124. The Hall–Kier alpha value is -2.51. The Kier molecular flexibility index (Phi) is 7.95. The van der Waals surface area contributed by atoms with Gasteiger partial charge in [-0.15, -0.1) is 0 Å². The molecule has 1 unspecified atom stereocenters. The predicted octanol–water partition coefficient (Wildman–Crippen LogP) is 2.73. The number of aliphatic imine (C=N–C) groups is 1. The highest BCUT2D eigenvalue weighted by atomic mass is 16.5. The third kappa shape index (κ3) is 6.24. The number of nitrogens with zero attached hydrogens (tertiary/aromatic N) is 2. The molecule has 0 aliphatic carbocycles. The van der Waals surface area contributed by atoms with Crippen LogP contribution in [0.5, 0.6) is 5.75 Å². The molecule has 2 N–H and O–H groups in total. The molecule has 1 aromatic heterocycles. The Morgan fingerprint density at radius 3 is 2.72 bits per heavy atom. The minimum Gasteiger partial charge on any atom is -0.497 e. The van der Waals surface area contributed by atoms with Gasteiger partial charge in [-0.2, -0.15) is 0 Å². The lowest BCUT2D eigenvalue weighted by Crippen LogP contribution is -2.46. The summed E-state index contributed by atoms with van der Waals surface area (Å²) in [5, 5.41) is 6.82. The van der Waals surface area contributed by atoms with Crippen molar-refractivity contribution in [2.45, 2.75) is 26.4 Å². The van der Waals surface area contributed by atoms with Crippen LogP contribution >= 0.6 is 0 Å².